The summed E-state index contributed by atoms with van der Waals surface area (Å²) >= 11 is 5.07. The predicted molar refractivity (Wildman–Crippen MR) is 112 cm³/mol. The van der Waals surface area contributed by atoms with Crippen molar-refractivity contribution >= 4 is 58.0 Å². The van der Waals surface area contributed by atoms with Gasteiger partial charge in [0.15, 0.2) is 0 Å². The summed E-state index contributed by atoms with van der Waals surface area (Å²) in [4.78, 5) is 19.0. The summed E-state index contributed by atoms with van der Waals surface area (Å²) in [6.45, 7) is 1.68. The number of piperidine rings is 1. The number of aromatic nitrogens is 1. The molecule has 1 fully saturated rings. The van der Waals surface area contributed by atoms with Crippen LogP contribution in [0, 0.1) is 0 Å². The maximum atomic E-state index is 12.4. The summed E-state index contributed by atoms with van der Waals surface area (Å²) in [6.07, 6.45) is 2.46. The highest BCUT2D eigenvalue weighted by Crippen LogP contribution is 2.26. The smallest absolute Gasteiger partial charge is 0.228 e. The van der Waals surface area contributed by atoms with Crippen molar-refractivity contribution < 1.29 is 4.79 Å². The maximum Gasteiger partial charge on any atom is 0.228 e. The molecule has 0 radical (unpaired) electrons. The van der Waals surface area contributed by atoms with E-state index in [1.54, 1.807) is 11.3 Å². The Kier molecular flexibility index (Phi) is 9.38. The molecule has 0 saturated carbocycles. The molecule has 25 heavy (non-hydrogen) atoms. The van der Waals surface area contributed by atoms with E-state index < -0.39 is 0 Å². The lowest BCUT2D eigenvalue weighted by molar-refractivity contribution is -0.131. The molecule has 4 nitrogen and oxygen atoms in total. The summed E-state index contributed by atoms with van der Waals surface area (Å²) in [6, 6.07) is 8.62. The van der Waals surface area contributed by atoms with Crippen LogP contribution in [0.15, 0.2) is 34.1 Å². The van der Waals surface area contributed by atoms with Gasteiger partial charge in [-0.2, -0.15) is 0 Å². The highest BCUT2D eigenvalue weighted by Gasteiger charge is 2.22. The zero-order valence-electron chi connectivity index (χ0n) is 13.9. The van der Waals surface area contributed by atoms with E-state index >= 15 is 0 Å². The number of thiazole rings is 1. The number of carbonyl (C=O) groups excluding carboxylic acids is 1. The molecule has 1 N–H and O–H groups in total. The van der Waals surface area contributed by atoms with Crippen LogP contribution in [0.1, 0.15) is 18.5 Å². The van der Waals surface area contributed by atoms with Gasteiger partial charge in [-0.05, 0) is 32.0 Å². The van der Waals surface area contributed by atoms with E-state index in [2.05, 4.69) is 26.2 Å². The number of hydrogen-bond acceptors (Lipinski definition) is 4. The zero-order chi connectivity index (χ0) is 16.2. The van der Waals surface area contributed by atoms with Gasteiger partial charge in [0.25, 0.3) is 0 Å². The van der Waals surface area contributed by atoms with E-state index in [1.165, 1.54) is 0 Å². The molecule has 8 heteroatoms. The number of hydrogen-bond donors (Lipinski definition) is 1. The maximum absolute atomic E-state index is 12.4. The van der Waals surface area contributed by atoms with Gasteiger partial charge in [-0.25, -0.2) is 4.98 Å². The molecule has 2 aromatic rings. The third kappa shape index (κ3) is 5.93. The summed E-state index contributed by atoms with van der Waals surface area (Å²) in [5.74, 6) is 0.186. The quantitative estimate of drug-likeness (QED) is 0.735. The van der Waals surface area contributed by atoms with Crippen LogP contribution in [-0.4, -0.2) is 42.0 Å². The number of nitrogens with zero attached hydrogens (tertiary/aromatic N) is 2. The number of nitrogens with one attached hydrogen (secondary N) is 1. The molecule has 1 aliphatic rings. The predicted octanol–water partition coefficient (Wildman–Crippen LogP) is 4.17. The van der Waals surface area contributed by atoms with Crippen LogP contribution in [0.5, 0.6) is 0 Å². The Balaban J connectivity index is 0.00000156. The first-order valence-corrected chi connectivity index (χ1v) is 9.48. The first-order chi connectivity index (χ1) is 11.2. The summed E-state index contributed by atoms with van der Waals surface area (Å²) in [5.41, 5.74) is 1.95. The van der Waals surface area contributed by atoms with Crippen molar-refractivity contribution in [1.82, 2.24) is 15.2 Å². The van der Waals surface area contributed by atoms with E-state index in [9.17, 15) is 4.79 Å². The highest BCUT2D eigenvalue weighted by molar-refractivity contribution is 9.10. The molecule has 0 spiro atoms. The first-order valence-electron chi connectivity index (χ1n) is 7.81. The van der Waals surface area contributed by atoms with Gasteiger partial charge in [0.1, 0.15) is 5.01 Å². The Labute approximate surface area is 173 Å². The van der Waals surface area contributed by atoms with E-state index in [0.717, 1.165) is 46.7 Å². The van der Waals surface area contributed by atoms with Crippen molar-refractivity contribution in [3.05, 3.63) is 39.8 Å². The van der Waals surface area contributed by atoms with Gasteiger partial charge in [-0.1, -0.05) is 28.1 Å². The van der Waals surface area contributed by atoms with Gasteiger partial charge in [0, 0.05) is 34.5 Å². The minimum Gasteiger partial charge on any atom is -0.342 e. The van der Waals surface area contributed by atoms with Gasteiger partial charge in [-0.15, -0.1) is 36.2 Å². The van der Waals surface area contributed by atoms with Crippen LogP contribution in [-0.2, 0) is 11.2 Å². The second-order valence-corrected chi connectivity index (χ2v) is 7.55. The molecule has 0 unspecified atom stereocenters. The lowest BCUT2D eigenvalue weighted by Gasteiger charge is -2.31. The minimum absolute atomic E-state index is 0. The molecule has 3 rings (SSSR count). The molecule has 2 heterocycles. The molecule has 0 atom stereocenters. The molecule has 0 bridgehead atoms. The summed E-state index contributed by atoms with van der Waals surface area (Å²) in [5, 5.41) is 6.24. The van der Waals surface area contributed by atoms with Crippen molar-refractivity contribution in [3.63, 3.8) is 0 Å². The zero-order valence-corrected chi connectivity index (χ0v) is 17.9. The number of benzene rings is 1. The van der Waals surface area contributed by atoms with E-state index in [1.807, 2.05) is 41.6 Å². The Morgan fingerprint density at radius 2 is 2.08 bits per heavy atom. The van der Waals surface area contributed by atoms with E-state index in [0.29, 0.717) is 12.5 Å². The summed E-state index contributed by atoms with van der Waals surface area (Å²) in [7, 11) is 1.99. The molecule has 1 saturated heterocycles. The fraction of sp³-hybridized carbons (Fsp3) is 0.412. The Bertz CT molecular complexity index is 690. The lowest BCUT2D eigenvalue weighted by atomic mass is 10.0. The SMILES string of the molecule is CNC1CCN(C(=O)Cc2csc(-c3cccc(Br)c3)n2)CC1.Cl.Cl. The second-order valence-electron chi connectivity index (χ2n) is 5.77. The molecule has 1 aromatic carbocycles. The molecular weight excluding hydrogens is 445 g/mol. The molecule has 1 aromatic heterocycles. The van der Waals surface area contributed by atoms with E-state index in [-0.39, 0.29) is 30.7 Å². The van der Waals surface area contributed by atoms with Crippen LogP contribution in [0.25, 0.3) is 10.6 Å². The van der Waals surface area contributed by atoms with Gasteiger partial charge in [-0.3, -0.25) is 4.79 Å². The van der Waals surface area contributed by atoms with E-state index in [4.69, 9.17) is 0 Å². The third-order valence-corrected chi connectivity index (χ3v) is 5.64. The molecule has 1 amide bonds. The fourth-order valence-electron chi connectivity index (χ4n) is 2.83. The molecular formula is C17H22BrCl2N3OS. The number of rotatable bonds is 4. The Hall–Kier alpha value is -0.660. The largest absolute Gasteiger partial charge is 0.342 e. The number of amides is 1. The van der Waals surface area contributed by atoms with Gasteiger partial charge in [0.05, 0.1) is 12.1 Å². The second kappa shape index (κ2) is 10.5. The van der Waals surface area contributed by atoms with Crippen LogP contribution in [0.4, 0.5) is 0 Å². The Morgan fingerprint density at radius 1 is 1.36 bits per heavy atom. The van der Waals surface area contributed by atoms with Crippen molar-refractivity contribution in [3.8, 4) is 10.6 Å². The summed E-state index contributed by atoms with van der Waals surface area (Å²) < 4.78 is 1.04. The monoisotopic (exact) mass is 465 g/mol. The fourth-order valence-corrected chi connectivity index (χ4v) is 4.04. The average Bonchev–Trinajstić information content (AvgIpc) is 3.03. The minimum atomic E-state index is 0. The third-order valence-electron chi connectivity index (χ3n) is 4.21. The van der Waals surface area contributed by atoms with Gasteiger partial charge < -0.3 is 10.2 Å². The number of likely N-dealkylation sites (tertiary alicyclic amines) is 1. The van der Waals surface area contributed by atoms with Crippen LogP contribution in [0.3, 0.4) is 0 Å². The van der Waals surface area contributed by atoms with Crippen LogP contribution in [0.2, 0.25) is 0 Å². The first kappa shape index (κ1) is 22.4. The molecule has 1 aliphatic heterocycles. The molecule has 138 valence electrons. The van der Waals surface area contributed by atoms with Crippen molar-refractivity contribution in [1.29, 1.82) is 0 Å². The van der Waals surface area contributed by atoms with Crippen LogP contribution >= 0.6 is 52.1 Å². The molecule has 0 aliphatic carbocycles. The standard InChI is InChI=1S/C17H20BrN3OS.2ClH/c1-19-14-5-7-21(8-6-14)16(22)10-15-11-23-17(20-15)12-3-2-4-13(18)9-12;;/h2-4,9,11,14,19H,5-8,10H2,1H3;2*1H. The van der Waals surface area contributed by atoms with Crippen molar-refractivity contribution in [2.24, 2.45) is 0 Å². The van der Waals surface area contributed by atoms with Crippen molar-refractivity contribution in [2.75, 3.05) is 20.1 Å². The topological polar surface area (TPSA) is 45.2 Å². The Morgan fingerprint density at radius 3 is 2.72 bits per heavy atom. The number of halogens is 3. The number of carbonyl (C=O) groups is 1. The lowest BCUT2D eigenvalue weighted by Crippen LogP contribution is -2.44. The highest BCUT2D eigenvalue weighted by atomic mass is 79.9. The average molecular weight is 467 g/mol. The van der Waals surface area contributed by atoms with Gasteiger partial charge in [0.2, 0.25) is 5.91 Å². The van der Waals surface area contributed by atoms with Crippen LogP contribution < -0.4 is 5.32 Å². The normalized spacial score (nSPS) is 14.6. The van der Waals surface area contributed by atoms with Gasteiger partial charge >= 0.3 is 0 Å². The van der Waals surface area contributed by atoms with Crippen molar-refractivity contribution in [2.45, 2.75) is 25.3 Å².